The van der Waals surface area contributed by atoms with Crippen LogP contribution >= 0.6 is 0 Å². The standard InChI is InChI=1S/C13H23N3O2S/c1-10(2)9-16(11(3)4)19(17,18)13-7-5-12(15-14)6-8-13/h5-8,10-11,15H,9,14H2,1-4H3. The van der Waals surface area contributed by atoms with Gasteiger partial charge in [0, 0.05) is 18.3 Å². The van der Waals surface area contributed by atoms with E-state index in [0.29, 0.717) is 17.1 Å². The van der Waals surface area contributed by atoms with E-state index in [-0.39, 0.29) is 12.0 Å². The molecule has 1 aromatic rings. The lowest BCUT2D eigenvalue weighted by Gasteiger charge is -2.27. The predicted octanol–water partition coefficient (Wildman–Crippen LogP) is 2.03. The lowest BCUT2D eigenvalue weighted by atomic mass is 10.2. The van der Waals surface area contributed by atoms with Crippen LogP contribution in [-0.2, 0) is 10.0 Å². The highest BCUT2D eigenvalue weighted by molar-refractivity contribution is 7.89. The van der Waals surface area contributed by atoms with Gasteiger partial charge in [0.1, 0.15) is 0 Å². The zero-order valence-electron chi connectivity index (χ0n) is 11.9. The van der Waals surface area contributed by atoms with E-state index in [4.69, 9.17) is 5.84 Å². The summed E-state index contributed by atoms with van der Waals surface area (Å²) in [6.45, 7) is 8.29. The minimum absolute atomic E-state index is 0.0697. The Bertz CT molecular complexity index is 495. The van der Waals surface area contributed by atoms with Crippen LogP contribution < -0.4 is 11.3 Å². The quantitative estimate of drug-likeness (QED) is 0.619. The maximum Gasteiger partial charge on any atom is 0.243 e. The monoisotopic (exact) mass is 285 g/mol. The molecule has 19 heavy (non-hydrogen) atoms. The van der Waals surface area contributed by atoms with Crippen LogP contribution in [0.25, 0.3) is 0 Å². The Morgan fingerprint density at radius 3 is 2.05 bits per heavy atom. The Hall–Kier alpha value is -1.11. The predicted molar refractivity (Wildman–Crippen MR) is 78.1 cm³/mol. The minimum atomic E-state index is -3.46. The third kappa shape index (κ3) is 3.92. The largest absolute Gasteiger partial charge is 0.324 e. The van der Waals surface area contributed by atoms with Gasteiger partial charge in [0.2, 0.25) is 10.0 Å². The van der Waals surface area contributed by atoms with Crippen LogP contribution in [0.15, 0.2) is 29.2 Å². The van der Waals surface area contributed by atoms with Gasteiger partial charge in [-0.25, -0.2) is 8.42 Å². The molecule has 0 saturated heterocycles. The van der Waals surface area contributed by atoms with Crippen molar-refractivity contribution >= 4 is 15.7 Å². The van der Waals surface area contributed by atoms with Gasteiger partial charge < -0.3 is 5.43 Å². The van der Waals surface area contributed by atoms with E-state index in [1.54, 1.807) is 24.3 Å². The normalized spacial score (nSPS) is 12.4. The summed E-state index contributed by atoms with van der Waals surface area (Å²) in [5, 5.41) is 0. The molecule has 0 atom stereocenters. The number of nitrogen functional groups attached to an aromatic ring is 1. The Morgan fingerprint density at radius 1 is 1.16 bits per heavy atom. The van der Waals surface area contributed by atoms with Crippen molar-refractivity contribution in [2.45, 2.75) is 38.6 Å². The molecule has 0 aliphatic carbocycles. The number of nitrogens with zero attached hydrogens (tertiary/aromatic N) is 1. The fraction of sp³-hybridized carbons (Fsp3) is 0.538. The summed E-state index contributed by atoms with van der Waals surface area (Å²) in [5.41, 5.74) is 3.16. The van der Waals surface area contributed by atoms with Gasteiger partial charge >= 0.3 is 0 Å². The van der Waals surface area contributed by atoms with Gasteiger partial charge in [-0.15, -0.1) is 0 Å². The Kier molecular flexibility index (Phi) is 5.34. The van der Waals surface area contributed by atoms with Crippen molar-refractivity contribution in [3.8, 4) is 0 Å². The second-order valence-electron chi connectivity index (χ2n) is 5.23. The second kappa shape index (κ2) is 6.36. The van der Waals surface area contributed by atoms with Crippen molar-refractivity contribution in [3.63, 3.8) is 0 Å². The van der Waals surface area contributed by atoms with E-state index < -0.39 is 10.0 Å². The molecule has 0 bridgehead atoms. The zero-order chi connectivity index (χ0) is 14.6. The van der Waals surface area contributed by atoms with Crippen LogP contribution in [-0.4, -0.2) is 25.3 Å². The molecule has 0 amide bonds. The van der Waals surface area contributed by atoms with E-state index in [2.05, 4.69) is 5.43 Å². The van der Waals surface area contributed by atoms with Crippen molar-refractivity contribution < 1.29 is 8.42 Å². The number of hydrogen-bond acceptors (Lipinski definition) is 4. The average Bonchev–Trinajstić information content (AvgIpc) is 2.35. The molecular weight excluding hydrogens is 262 g/mol. The van der Waals surface area contributed by atoms with Crippen LogP contribution in [0.3, 0.4) is 0 Å². The van der Waals surface area contributed by atoms with Gasteiger partial charge in [-0.05, 0) is 44.0 Å². The first-order valence-corrected chi connectivity index (χ1v) is 7.81. The van der Waals surface area contributed by atoms with Crippen molar-refractivity contribution in [1.82, 2.24) is 4.31 Å². The first-order chi connectivity index (χ1) is 8.78. The summed E-state index contributed by atoms with van der Waals surface area (Å²) in [6.07, 6.45) is 0. The SMILES string of the molecule is CC(C)CN(C(C)C)S(=O)(=O)c1ccc(NN)cc1. The van der Waals surface area contributed by atoms with Crippen LogP contribution in [0.4, 0.5) is 5.69 Å². The molecule has 0 aliphatic rings. The third-order valence-corrected chi connectivity index (χ3v) is 4.80. The summed E-state index contributed by atoms with van der Waals surface area (Å²) in [6, 6.07) is 6.38. The number of hydrazine groups is 1. The summed E-state index contributed by atoms with van der Waals surface area (Å²) in [5.74, 6) is 5.55. The molecule has 0 saturated carbocycles. The zero-order valence-corrected chi connectivity index (χ0v) is 12.7. The molecular formula is C13H23N3O2S. The molecule has 1 rings (SSSR count). The smallest absolute Gasteiger partial charge is 0.243 e. The van der Waals surface area contributed by atoms with Crippen LogP contribution in [0.2, 0.25) is 0 Å². The first-order valence-electron chi connectivity index (χ1n) is 6.37. The van der Waals surface area contributed by atoms with Crippen molar-refractivity contribution in [3.05, 3.63) is 24.3 Å². The maximum absolute atomic E-state index is 12.6. The molecule has 108 valence electrons. The molecule has 6 heteroatoms. The van der Waals surface area contributed by atoms with Gasteiger partial charge in [-0.2, -0.15) is 4.31 Å². The molecule has 3 N–H and O–H groups in total. The number of nitrogens with one attached hydrogen (secondary N) is 1. The Morgan fingerprint density at radius 2 is 1.68 bits per heavy atom. The lowest BCUT2D eigenvalue weighted by molar-refractivity contribution is 0.319. The van der Waals surface area contributed by atoms with Crippen molar-refractivity contribution in [1.29, 1.82) is 0 Å². The van der Waals surface area contributed by atoms with Gasteiger partial charge in [0.25, 0.3) is 0 Å². The number of sulfonamides is 1. The van der Waals surface area contributed by atoms with Gasteiger partial charge in [0.15, 0.2) is 0 Å². The molecule has 0 aromatic heterocycles. The summed E-state index contributed by atoms with van der Waals surface area (Å²) in [4.78, 5) is 0.292. The molecule has 5 nitrogen and oxygen atoms in total. The van der Waals surface area contributed by atoms with Crippen molar-refractivity contribution in [2.24, 2.45) is 11.8 Å². The van der Waals surface area contributed by atoms with Gasteiger partial charge in [-0.3, -0.25) is 5.84 Å². The summed E-state index contributed by atoms with van der Waals surface area (Å²) < 4.78 is 26.7. The van der Waals surface area contributed by atoms with E-state index in [9.17, 15) is 8.42 Å². The molecule has 1 aromatic carbocycles. The highest BCUT2D eigenvalue weighted by Gasteiger charge is 2.27. The first kappa shape index (κ1) is 15.9. The van der Waals surface area contributed by atoms with Gasteiger partial charge in [-0.1, -0.05) is 13.8 Å². The lowest BCUT2D eigenvalue weighted by Crippen LogP contribution is -2.39. The van der Waals surface area contributed by atoms with Crippen LogP contribution in [0.5, 0.6) is 0 Å². The second-order valence-corrected chi connectivity index (χ2v) is 7.12. The minimum Gasteiger partial charge on any atom is -0.324 e. The van der Waals surface area contributed by atoms with Crippen LogP contribution in [0, 0.1) is 5.92 Å². The molecule has 0 heterocycles. The van der Waals surface area contributed by atoms with E-state index in [1.165, 1.54) is 4.31 Å². The highest BCUT2D eigenvalue weighted by Crippen LogP contribution is 2.21. The number of anilines is 1. The highest BCUT2D eigenvalue weighted by atomic mass is 32.2. The maximum atomic E-state index is 12.6. The number of rotatable bonds is 6. The molecule has 0 spiro atoms. The van der Waals surface area contributed by atoms with Crippen molar-refractivity contribution in [2.75, 3.05) is 12.0 Å². The topological polar surface area (TPSA) is 75.4 Å². The third-order valence-electron chi connectivity index (χ3n) is 2.75. The van der Waals surface area contributed by atoms with E-state index in [1.807, 2.05) is 27.7 Å². The number of nitrogens with two attached hydrogens (primary N) is 1. The summed E-state index contributed by atoms with van der Waals surface area (Å²) in [7, 11) is -3.46. The average molecular weight is 285 g/mol. The molecule has 0 fully saturated rings. The van der Waals surface area contributed by atoms with Gasteiger partial charge in [0.05, 0.1) is 4.90 Å². The Balaban J connectivity index is 3.11. The fourth-order valence-corrected chi connectivity index (χ4v) is 3.61. The fourth-order valence-electron chi connectivity index (χ4n) is 1.80. The number of benzene rings is 1. The number of hydrogen-bond donors (Lipinski definition) is 2. The van der Waals surface area contributed by atoms with Crippen LogP contribution in [0.1, 0.15) is 27.7 Å². The summed E-state index contributed by atoms with van der Waals surface area (Å²) >= 11 is 0. The molecule has 0 radical (unpaired) electrons. The van der Waals surface area contributed by atoms with E-state index >= 15 is 0 Å². The molecule has 0 unspecified atom stereocenters. The Labute approximate surface area is 115 Å². The molecule has 0 aliphatic heterocycles. The van der Waals surface area contributed by atoms with E-state index in [0.717, 1.165) is 0 Å².